The first-order valence-corrected chi connectivity index (χ1v) is 8.54. The summed E-state index contributed by atoms with van der Waals surface area (Å²) >= 11 is 0. The van der Waals surface area contributed by atoms with Gasteiger partial charge < -0.3 is 9.47 Å². The first-order chi connectivity index (χ1) is 12.0. The maximum Gasteiger partial charge on any atom is 0.250 e. The second-order valence-corrected chi connectivity index (χ2v) is 6.60. The number of nitrogens with zero attached hydrogens (tertiary/aromatic N) is 2. The number of amides is 1. The van der Waals surface area contributed by atoms with Crippen molar-refractivity contribution in [2.45, 2.75) is 32.9 Å². The lowest BCUT2D eigenvalue weighted by Gasteiger charge is -2.31. The summed E-state index contributed by atoms with van der Waals surface area (Å²) < 4.78 is 1.65. The molecule has 0 saturated carbocycles. The van der Waals surface area contributed by atoms with Gasteiger partial charge in [-0.05, 0) is 30.5 Å². The van der Waals surface area contributed by atoms with Crippen LogP contribution in [0.15, 0.2) is 53.5 Å². The average molecular weight is 338 g/mol. The fourth-order valence-corrected chi connectivity index (χ4v) is 3.16. The smallest absolute Gasteiger partial charge is 0.250 e. The van der Waals surface area contributed by atoms with Crippen LogP contribution in [0.3, 0.4) is 0 Å². The van der Waals surface area contributed by atoms with Crippen molar-refractivity contribution in [3.63, 3.8) is 0 Å². The Hall–Kier alpha value is -2.69. The van der Waals surface area contributed by atoms with Crippen LogP contribution >= 0.6 is 0 Å². The van der Waals surface area contributed by atoms with Gasteiger partial charge in [0.2, 0.25) is 5.91 Å². The lowest BCUT2D eigenvalue weighted by Crippen LogP contribution is -2.41. The number of carbonyl (C=O) groups excluding carboxylic acids is 2. The van der Waals surface area contributed by atoms with E-state index in [4.69, 9.17) is 0 Å². The van der Waals surface area contributed by atoms with E-state index < -0.39 is 0 Å². The van der Waals surface area contributed by atoms with Gasteiger partial charge >= 0.3 is 0 Å². The summed E-state index contributed by atoms with van der Waals surface area (Å²) in [6.45, 7) is 3.15. The van der Waals surface area contributed by atoms with E-state index in [-0.39, 0.29) is 23.2 Å². The molecule has 5 nitrogen and oxygen atoms in total. The van der Waals surface area contributed by atoms with Crippen molar-refractivity contribution in [3.8, 4) is 0 Å². The van der Waals surface area contributed by atoms with Gasteiger partial charge in [-0.1, -0.05) is 30.3 Å². The van der Waals surface area contributed by atoms with Crippen molar-refractivity contribution in [1.29, 1.82) is 0 Å². The van der Waals surface area contributed by atoms with E-state index in [2.05, 4.69) is 0 Å². The molecule has 1 fully saturated rings. The number of pyridine rings is 1. The van der Waals surface area contributed by atoms with Crippen molar-refractivity contribution in [3.05, 3.63) is 70.1 Å². The highest BCUT2D eigenvalue weighted by Crippen LogP contribution is 2.20. The molecule has 3 rings (SSSR count). The fraction of sp³-hybridized carbons (Fsp3) is 0.350. The normalized spacial score (nSPS) is 17.6. The second kappa shape index (κ2) is 7.47. The largest absolute Gasteiger partial charge is 0.338 e. The lowest BCUT2D eigenvalue weighted by atomic mass is 9.94. The molecule has 2 heterocycles. The molecule has 25 heavy (non-hydrogen) atoms. The Bertz CT molecular complexity index is 823. The van der Waals surface area contributed by atoms with Crippen molar-refractivity contribution in [2.75, 3.05) is 6.54 Å². The zero-order valence-corrected chi connectivity index (χ0v) is 14.4. The van der Waals surface area contributed by atoms with E-state index in [1.54, 1.807) is 34.7 Å². The van der Waals surface area contributed by atoms with E-state index in [9.17, 15) is 14.4 Å². The van der Waals surface area contributed by atoms with Crippen molar-refractivity contribution in [2.24, 2.45) is 5.92 Å². The zero-order chi connectivity index (χ0) is 17.8. The van der Waals surface area contributed by atoms with Crippen molar-refractivity contribution in [1.82, 2.24) is 9.47 Å². The standard InChI is InChI=1S/C20H22N2O3/c1-15(23)18-9-10-20(25)22(14-18)13-17-7-5-16(6-8-17)12-21-11-3-2-4-19(21)24/h2-8,11,18H,9-10,12-14H2,1H3. The van der Waals surface area contributed by atoms with Crippen LogP contribution in [0.25, 0.3) is 0 Å². The molecule has 1 unspecified atom stereocenters. The summed E-state index contributed by atoms with van der Waals surface area (Å²) in [5, 5.41) is 0. The van der Waals surface area contributed by atoms with Crippen LogP contribution in [0, 0.1) is 5.92 Å². The second-order valence-electron chi connectivity index (χ2n) is 6.60. The van der Waals surface area contributed by atoms with Crippen LogP contribution in [-0.2, 0) is 22.7 Å². The van der Waals surface area contributed by atoms with Gasteiger partial charge in [0.1, 0.15) is 5.78 Å². The number of aromatic nitrogens is 1. The van der Waals surface area contributed by atoms with Gasteiger partial charge in [-0.2, -0.15) is 0 Å². The quantitative estimate of drug-likeness (QED) is 0.840. The molecule has 5 heteroatoms. The molecule has 0 bridgehead atoms. The molecule has 1 aromatic carbocycles. The Morgan fingerprint density at radius 3 is 2.36 bits per heavy atom. The first kappa shape index (κ1) is 17.1. The third-order valence-electron chi connectivity index (χ3n) is 4.72. The monoisotopic (exact) mass is 338 g/mol. The average Bonchev–Trinajstić information content (AvgIpc) is 2.60. The topological polar surface area (TPSA) is 59.4 Å². The number of hydrogen-bond donors (Lipinski definition) is 0. The minimum absolute atomic E-state index is 0.0271. The molecule has 0 spiro atoms. The van der Waals surface area contributed by atoms with Gasteiger partial charge in [0, 0.05) is 37.7 Å². The molecular weight excluding hydrogens is 316 g/mol. The fourth-order valence-electron chi connectivity index (χ4n) is 3.16. The third-order valence-corrected chi connectivity index (χ3v) is 4.72. The number of Topliss-reactive ketones (excluding diaryl/α,β-unsaturated/α-hetero) is 1. The van der Waals surface area contributed by atoms with Crippen molar-refractivity contribution < 1.29 is 9.59 Å². The predicted octanol–water partition coefficient (Wildman–Crippen LogP) is 2.22. The number of ketones is 1. The SMILES string of the molecule is CC(=O)C1CCC(=O)N(Cc2ccc(Cn3ccccc3=O)cc2)C1. The number of rotatable bonds is 5. The minimum Gasteiger partial charge on any atom is -0.338 e. The third kappa shape index (κ3) is 4.24. The molecule has 0 N–H and O–H groups in total. The Labute approximate surface area is 146 Å². The van der Waals surface area contributed by atoms with Crippen LogP contribution in [-0.4, -0.2) is 27.7 Å². The maximum atomic E-state index is 12.1. The lowest BCUT2D eigenvalue weighted by molar-refractivity contribution is -0.137. The molecule has 1 atom stereocenters. The number of benzene rings is 1. The van der Waals surface area contributed by atoms with Crippen LogP contribution in [0.5, 0.6) is 0 Å². The molecule has 130 valence electrons. The van der Waals surface area contributed by atoms with Gasteiger partial charge in [-0.3, -0.25) is 14.4 Å². The summed E-state index contributed by atoms with van der Waals surface area (Å²) in [5.41, 5.74) is 2.03. The number of likely N-dealkylation sites (tertiary alicyclic amines) is 1. The molecule has 1 aliphatic rings. The summed E-state index contributed by atoms with van der Waals surface area (Å²) in [6, 6.07) is 13.0. The minimum atomic E-state index is -0.0399. The van der Waals surface area contributed by atoms with E-state index >= 15 is 0 Å². The van der Waals surface area contributed by atoms with Crippen molar-refractivity contribution >= 4 is 11.7 Å². The Kier molecular flexibility index (Phi) is 5.12. The molecule has 0 radical (unpaired) electrons. The van der Waals surface area contributed by atoms with Gasteiger partial charge in [-0.25, -0.2) is 0 Å². The highest BCUT2D eigenvalue weighted by Gasteiger charge is 2.28. The van der Waals surface area contributed by atoms with Crippen LogP contribution < -0.4 is 5.56 Å². The molecule has 1 aliphatic heterocycles. The molecule has 2 aromatic rings. The molecule has 0 aliphatic carbocycles. The Balaban J connectivity index is 1.66. The van der Waals surface area contributed by atoms with Crippen LogP contribution in [0.1, 0.15) is 30.9 Å². The maximum absolute atomic E-state index is 12.1. The Morgan fingerprint density at radius 1 is 1.04 bits per heavy atom. The summed E-state index contributed by atoms with van der Waals surface area (Å²) in [6.07, 6.45) is 2.87. The van der Waals surface area contributed by atoms with Crippen LogP contribution in [0.4, 0.5) is 0 Å². The highest BCUT2D eigenvalue weighted by molar-refractivity contribution is 5.83. The van der Waals surface area contributed by atoms with Gasteiger partial charge in [0.05, 0.1) is 6.54 Å². The summed E-state index contributed by atoms with van der Waals surface area (Å²) in [5.74, 6) is 0.223. The highest BCUT2D eigenvalue weighted by atomic mass is 16.2. The molecule has 1 saturated heterocycles. The number of carbonyl (C=O) groups is 2. The van der Waals surface area contributed by atoms with Gasteiger partial charge in [0.25, 0.3) is 5.56 Å². The Morgan fingerprint density at radius 2 is 1.72 bits per heavy atom. The summed E-state index contributed by atoms with van der Waals surface area (Å²) in [4.78, 5) is 37.2. The van der Waals surface area contributed by atoms with E-state index in [1.807, 2.05) is 30.3 Å². The molecule has 1 aromatic heterocycles. The molecular formula is C20H22N2O3. The zero-order valence-electron chi connectivity index (χ0n) is 14.4. The van der Waals surface area contributed by atoms with Gasteiger partial charge in [-0.15, -0.1) is 0 Å². The van der Waals surface area contributed by atoms with E-state index in [0.717, 1.165) is 11.1 Å². The van der Waals surface area contributed by atoms with E-state index in [1.165, 1.54) is 0 Å². The van der Waals surface area contributed by atoms with Gasteiger partial charge in [0.15, 0.2) is 0 Å². The molecule has 1 amide bonds. The number of piperidine rings is 1. The number of hydrogen-bond acceptors (Lipinski definition) is 3. The van der Waals surface area contributed by atoms with Crippen LogP contribution in [0.2, 0.25) is 0 Å². The predicted molar refractivity (Wildman–Crippen MR) is 95.1 cm³/mol. The van der Waals surface area contributed by atoms with E-state index in [0.29, 0.717) is 32.5 Å². The summed E-state index contributed by atoms with van der Waals surface area (Å²) in [7, 11) is 0. The first-order valence-electron chi connectivity index (χ1n) is 8.54.